The van der Waals surface area contributed by atoms with Crippen LogP contribution in [0.5, 0.6) is 0 Å². The van der Waals surface area contributed by atoms with Crippen molar-refractivity contribution in [1.29, 1.82) is 0 Å². The zero-order valence-corrected chi connectivity index (χ0v) is 61.6. The number of likely N-dealkylation sites (N-methyl/N-ethyl adjacent to an activating group) is 1. The fourth-order valence-corrected chi connectivity index (χ4v) is 13.2. The molecule has 0 heterocycles. The number of carbonyl (C=O) groups is 1. The number of rotatable bonds is 75. The molecule has 0 aliphatic carbocycles. The molecule has 0 saturated carbocycles. The van der Waals surface area contributed by atoms with Gasteiger partial charge >= 0.3 is 0 Å². The normalized spacial score (nSPS) is 13.7. The predicted octanol–water partition coefficient (Wildman–Crippen LogP) is 25.3. The van der Waals surface area contributed by atoms with Crippen molar-refractivity contribution < 1.29 is 32.9 Å². The van der Waals surface area contributed by atoms with E-state index in [1.807, 2.05) is 27.2 Å². The summed E-state index contributed by atoms with van der Waals surface area (Å²) >= 11 is 0. The molecule has 0 spiro atoms. The number of aliphatic hydroxyl groups is 1. The van der Waals surface area contributed by atoms with Gasteiger partial charge in [0.15, 0.2) is 0 Å². The maximum absolute atomic E-state index is 13.1. The Labute approximate surface area is 557 Å². The third kappa shape index (κ3) is 74.0. The molecular formula is C80H157N2O6P. The van der Waals surface area contributed by atoms with Crippen LogP contribution >= 0.6 is 7.82 Å². The van der Waals surface area contributed by atoms with Gasteiger partial charge in [0, 0.05) is 6.42 Å². The summed E-state index contributed by atoms with van der Waals surface area (Å²) in [5.74, 6) is -0.187. The van der Waals surface area contributed by atoms with Gasteiger partial charge in [0.1, 0.15) is 13.2 Å². The summed E-state index contributed by atoms with van der Waals surface area (Å²) < 4.78 is 23.5. The van der Waals surface area contributed by atoms with E-state index in [4.69, 9.17) is 9.05 Å². The molecule has 89 heavy (non-hydrogen) atoms. The molecule has 0 aromatic carbocycles. The van der Waals surface area contributed by atoms with Gasteiger partial charge in [-0.05, 0) is 51.4 Å². The Hall–Kier alpha value is -1.28. The van der Waals surface area contributed by atoms with Gasteiger partial charge in [-0.15, -0.1) is 0 Å². The molecular weight excluding hydrogens is 1120 g/mol. The van der Waals surface area contributed by atoms with Crippen molar-refractivity contribution in [2.75, 3.05) is 40.9 Å². The smallest absolute Gasteiger partial charge is 0.268 e. The highest BCUT2D eigenvalue weighted by atomic mass is 31.2. The lowest BCUT2D eigenvalue weighted by molar-refractivity contribution is -0.870. The molecule has 3 atom stereocenters. The standard InChI is InChI=1S/C80H157N2O6P/c1-6-8-10-12-14-16-18-20-22-24-26-28-30-32-34-36-37-38-39-40-41-42-43-44-45-46-48-50-52-54-56-58-60-62-64-66-68-70-72-74-80(84)81-78(77-88-89(85,86)87-76-75-82(3,4)5)79(83)73-71-69-67-65-63-61-59-57-55-53-51-49-47-35-33-31-29-27-25-23-21-19-17-15-13-11-9-7-2/h18,20,24,26,71,73,78-79,83H,6-17,19,21-23,25,27-70,72,74-77H2,1-5H3,(H-,81,84,85,86)/b20-18-,26-24-,73-71+. The molecule has 8 nitrogen and oxygen atoms in total. The number of hydrogen-bond donors (Lipinski definition) is 2. The van der Waals surface area contributed by atoms with Crippen molar-refractivity contribution in [3.8, 4) is 0 Å². The SMILES string of the molecule is CCCCCCC/C=C\C/C=C\CCCCCCCCCCCCCCCCCCCCCCCCCCCCCC(=O)NC(COP(=O)([O-])OCC[N+](C)(C)C)C(O)/C=C/CCCCCCCCCCCCCCCCCCCCCCCCCCCC. The van der Waals surface area contributed by atoms with Crippen molar-refractivity contribution in [3.63, 3.8) is 0 Å². The van der Waals surface area contributed by atoms with Crippen LogP contribution in [-0.4, -0.2) is 68.5 Å². The average Bonchev–Trinajstić information content (AvgIpc) is 3.55. The minimum atomic E-state index is -4.60. The summed E-state index contributed by atoms with van der Waals surface area (Å²) in [6, 6.07) is -0.886. The third-order valence-electron chi connectivity index (χ3n) is 18.6. The number of aliphatic hydroxyl groups excluding tert-OH is 1. The molecule has 0 rings (SSSR count). The van der Waals surface area contributed by atoms with E-state index in [2.05, 4.69) is 43.5 Å². The van der Waals surface area contributed by atoms with Crippen LogP contribution in [0.4, 0.5) is 0 Å². The summed E-state index contributed by atoms with van der Waals surface area (Å²) in [6.07, 6.45) is 96.0. The lowest BCUT2D eigenvalue weighted by Crippen LogP contribution is -2.45. The second-order valence-corrected chi connectivity index (χ2v) is 30.2. The first-order valence-electron chi connectivity index (χ1n) is 39.9. The quantitative estimate of drug-likeness (QED) is 0.0272. The van der Waals surface area contributed by atoms with E-state index in [9.17, 15) is 19.4 Å². The second-order valence-electron chi connectivity index (χ2n) is 28.8. The second kappa shape index (κ2) is 71.0. The van der Waals surface area contributed by atoms with E-state index >= 15 is 0 Å². The summed E-state index contributed by atoms with van der Waals surface area (Å²) in [6.45, 7) is 4.71. The van der Waals surface area contributed by atoms with Gasteiger partial charge in [0.2, 0.25) is 5.91 Å². The largest absolute Gasteiger partial charge is 0.756 e. The highest BCUT2D eigenvalue weighted by Crippen LogP contribution is 2.38. The molecule has 0 aromatic heterocycles. The minimum Gasteiger partial charge on any atom is -0.756 e. The monoisotopic (exact) mass is 1270 g/mol. The van der Waals surface area contributed by atoms with Gasteiger partial charge in [-0.25, -0.2) is 0 Å². The number of carbonyl (C=O) groups excluding carboxylic acids is 1. The van der Waals surface area contributed by atoms with E-state index in [0.717, 1.165) is 44.9 Å². The summed E-state index contributed by atoms with van der Waals surface area (Å²) in [5.41, 5.74) is 0. The number of amides is 1. The maximum atomic E-state index is 13.1. The predicted molar refractivity (Wildman–Crippen MR) is 390 cm³/mol. The van der Waals surface area contributed by atoms with Crippen molar-refractivity contribution in [3.05, 3.63) is 36.5 Å². The summed E-state index contributed by atoms with van der Waals surface area (Å²) in [7, 11) is 1.28. The molecule has 528 valence electrons. The first kappa shape index (κ1) is 87.7. The molecule has 0 saturated heterocycles. The third-order valence-corrected chi connectivity index (χ3v) is 19.6. The van der Waals surface area contributed by atoms with Crippen LogP contribution in [0.1, 0.15) is 418 Å². The van der Waals surface area contributed by atoms with Gasteiger partial charge < -0.3 is 28.8 Å². The molecule has 0 aromatic rings. The lowest BCUT2D eigenvalue weighted by Gasteiger charge is -2.29. The van der Waals surface area contributed by atoms with E-state index in [1.54, 1.807) is 6.08 Å². The molecule has 1 amide bonds. The number of unbranched alkanes of at least 4 members (excludes halogenated alkanes) is 58. The zero-order chi connectivity index (χ0) is 64.8. The minimum absolute atomic E-state index is 0.00190. The number of phosphoric ester groups is 1. The fraction of sp³-hybridized carbons (Fsp3) is 0.912. The molecule has 0 radical (unpaired) electrons. The van der Waals surface area contributed by atoms with Crippen molar-refractivity contribution in [1.82, 2.24) is 5.32 Å². The molecule has 9 heteroatoms. The number of phosphoric acid groups is 1. The average molecular weight is 1270 g/mol. The van der Waals surface area contributed by atoms with E-state index in [0.29, 0.717) is 17.4 Å². The number of nitrogens with zero attached hydrogens (tertiary/aromatic N) is 1. The molecule has 0 fully saturated rings. The Morgan fingerprint density at radius 3 is 0.933 bits per heavy atom. The van der Waals surface area contributed by atoms with Crippen molar-refractivity contribution in [2.45, 2.75) is 431 Å². The van der Waals surface area contributed by atoms with E-state index < -0.39 is 20.0 Å². The van der Waals surface area contributed by atoms with Crippen molar-refractivity contribution >= 4 is 13.7 Å². The first-order chi connectivity index (χ1) is 43.5. The first-order valence-corrected chi connectivity index (χ1v) is 41.3. The van der Waals surface area contributed by atoms with Gasteiger partial charge in [-0.2, -0.15) is 0 Å². The Balaban J connectivity index is 3.92. The van der Waals surface area contributed by atoms with E-state index in [-0.39, 0.29) is 19.1 Å². The molecule has 3 unspecified atom stereocenters. The summed E-state index contributed by atoms with van der Waals surface area (Å²) in [4.78, 5) is 25.7. The Bertz CT molecular complexity index is 1550. The van der Waals surface area contributed by atoms with Crippen molar-refractivity contribution in [2.24, 2.45) is 0 Å². The Morgan fingerprint density at radius 2 is 0.652 bits per heavy atom. The number of nitrogens with one attached hydrogen (secondary N) is 1. The Morgan fingerprint density at radius 1 is 0.393 bits per heavy atom. The van der Waals surface area contributed by atoms with Crippen LogP contribution in [0.2, 0.25) is 0 Å². The lowest BCUT2D eigenvalue weighted by atomic mass is 10.0. The highest BCUT2D eigenvalue weighted by Gasteiger charge is 2.23. The topological polar surface area (TPSA) is 108 Å². The van der Waals surface area contributed by atoms with Crippen LogP contribution in [0.25, 0.3) is 0 Å². The highest BCUT2D eigenvalue weighted by molar-refractivity contribution is 7.45. The van der Waals surface area contributed by atoms with Gasteiger partial charge in [0.25, 0.3) is 7.82 Å². The van der Waals surface area contributed by atoms with Crippen LogP contribution in [0.15, 0.2) is 36.5 Å². The molecule has 2 N–H and O–H groups in total. The van der Waals surface area contributed by atoms with Crippen LogP contribution in [0, 0.1) is 0 Å². The number of quaternary nitrogens is 1. The van der Waals surface area contributed by atoms with Crippen LogP contribution in [0.3, 0.4) is 0 Å². The van der Waals surface area contributed by atoms with E-state index in [1.165, 1.54) is 353 Å². The number of hydrogen-bond acceptors (Lipinski definition) is 6. The van der Waals surface area contributed by atoms with Gasteiger partial charge in [-0.1, -0.05) is 397 Å². The van der Waals surface area contributed by atoms with Crippen LogP contribution < -0.4 is 10.2 Å². The summed E-state index contributed by atoms with van der Waals surface area (Å²) in [5, 5.41) is 14.0. The number of allylic oxidation sites excluding steroid dienone is 5. The van der Waals surface area contributed by atoms with Crippen LogP contribution in [-0.2, 0) is 18.4 Å². The molecule has 0 bridgehead atoms. The van der Waals surface area contributed by atoms with Gasteiger partial charge in [-0.3, -0.25) is 9.36 Å². The fourth-order valence-electron chi connectivity index (χ4n) is 12.4. The molecule has 0 aliphatic rings. The Kier molecular flexibility index (Phi) is 70.0. The maximum Gasteiger partial charge on any atom is 0.268 e. The molecule has 0 aliphatic heterocycles. The van der Waals surface area contributed by atoms with Gasteiger partial charge in [0.05, 0.1) is 39.9 Å². The zero-order valence-electron chi connectivity index (χ0n) is 60.7.